The Hall–Kier alpha value is -2.20. The van der Waals surface area contributed by atoms with Crippen molar-refractivity contribution in [3.05, 3.63) is 27.9 Å². The number of nitrogens with zero attached hydrogens (tertiary/aromatic N) is 3. The average Bonchev–Trinajstić information content (AvgIpc) is 2.52. The Bertz CT molecular complexity index is 556. The Morgan fingerprint density at radius 2 is 2.19 bits per heavy atom. The number of aliphatic hydroxyl groups excluding tert-OH is 1. The quantitative estimate of drug-likeness (QED) is 0.634. The lowest BCUT2D eigenvalue weighted by molar-refractivity contribution is -0.384. The van der Waals surface area contributed by atoms with Gasteiger partial charge < -0.3 is 10.4 Å². The first-order chi connectivity index (χ1) is 10.2. The van der Waals surface area contributed by atoms with E-state index in [2.05, 4.69) is 10.3 Å². The van der Waals surface area contributed by atoms with E-state index in [9.17, 15) is 15.2 Å². The van der Waals surface area contributed by atoms with E-state index in [1.807, 2.05) is 6.07 Å². The van der Waals surface area contributed by atoms with Crippen LogP contribution in [0.1, 0.15) is 31.2 Å². The molecule has 1 saturated carbocycles. The molecule has 7 nitrogen and oxygen atoms in total. The van der Waals surface area contributed by atoms with Crippen molar-refractivity contribution in [2.24, 2.45) is 11.8 Å². The fourth-order valence-corrected chi connectivity index (χ4v) is 2.81. The molecule has 1 aliphatic carbocycles. The maximum absolute atomic E-state index is 11.0. The number of nitro groups is 1. The number of pyridine rings is 1. The van der Waals surface area contributed by atoms with Crippen LogP contribution in [-0.4, -0.2) is 28.2 Å². The number of hydrogen-bond donors (Lipinski definition) is 2. The molecule has 2 atom stereocenters. The van der Waals surface area contributed by atoms with Crippen LogP contribution in [0, 0.1) is 33.3 Å². The van der Waals surface area contributed by atoms with Crippen LogP contribution in [-0.2, 0) is 0 Å². The van der Waals surface area contributed by atoms with Crippen LogP contribution in [0.15, 0.2) is 12.3 Å². The Morgan fingerprint density at radius 1 is 1.48 bits per heavy atom. The van der Waals surface area contributed by atoms with Gasteiger partial charge in [0, 0.05) is 25.4 Å². The van der Waals surface area contributed by atoms with E-state index < -0.39 is 4.92 Å². The maximum Gasteiger partial charge on any atom is 0.312 e. The molecule has 112 valence electrons. The van der Waals surface area contributed by atoms with Crippen LogP contribution in [0.5, 0.6) is 0 Å². The van der Waals surface area contributed by atoms with Crippen molar-refractivity contribution in [2.45, 2.75) is 25.7 Å². The van der Waals surface area contributed by atoms with E-state index in [1.54, 1.807) is 0 Å². The monoisotopic (exact) mass is 290 g/mol. The molecule has 2 rings (SSSR count). The van der Waals surface area contributed by atoms with Crippen LogP contribution in [0.2, 0.25) is 0 Å². The molecule has 0 bridgehead atoms. The summed E-state index contributed by atoms with van der Waals surface area (Å²) in [4.78, 5) is 14.5. The summed E-state index contributed by atoms with van der Waals surface area (Å²) in [7, 11) is 0. The SMILES string of the molecule is N#Cc1cnc(NCC2CCCCC2CO)c([N+](=O)[O-])c1. The lowest BCUT2D eigenvalue weighted by Crippen LogP contribution is -2.29. The standard InChI is InChI=1S/C14H18N4O3/c15-6-10-5-13(18(20)21)14(16-7-10)17-8-11-3-1-2-4-12(11)9-19/h5,7,11-12,19H,1-4,8-9H2,(H,16,17). The second kappa shape index (κ2) is 6.99. The van der Waals surface area contributed by atoms with Gasteiger partial charge in [0.25, 0.3) is 0 Å². The summed E-state index contributed by atoms with van der Waals surface area (Å²) in [6.45, 7) is 0.695. The van der Waals surface area contributed by atoms with Crippen molar-refractivity contribution < 1.29 is 10.0 Å². The molecule has 7 heteroatoms. The minimum absolute atomic E-state index is 0.148. The summed E-state index contributed by atoms with van der Waals surface area (Å²) in [5.74, 6) is 0.714. The summed E-state index contributed by atoms with van der Waals surface area (Å²) in [5, 5.41) is 32.2. The van der Waals surface area contributed by atoms with E-state index in [-0.39, 0.29) is 29.6 Å². The van der Waals surface area contributed by atoms with Gasteiger partial charge >= 0.3 is 5.69 Å². The highest BCUT2D eigenvalue weighted by Crippen LogP contribution is 2.31. The molecule has 0 aliphatic heterocycles. The van der Waals surface area contributed by atoms with Gasteiger partial charge in [0.05, 0.1) is 10.5 Å². The largest absolute Gasteiger partial charge is 0.396 e. The lowest BCUT2D eigenvalue weighted by atomic mass is 9.79. The van der Waals surface area contributed by atoms with E-state index in [4.69, 9.17) is 5.26 Å². The molecule has 2 N–H and O–H groups in total. The van der Waals surface area contributed by atoms with Crippen molar-refractivity contribution in [3.8, 4) is 6.07 Å². The molecular formula is C14H18N4O3. The predicted molar refractivity (Wildman–Crippen MR) is 76.6 cm³/mol. The van der Waals surface area contributed by atoms with E-state index >= 15 is 0 Å². The third kappa shape index (κ3) is 3.67. The van der Waals surface area contributed by atoms with Crippen molar-refractivity contribution >= 4 is 11.5 Å². The summed E-state index contributed by atoms with van der Waals surface area (Å²) in [6.07, 6.45) is 5.55. The highest BCUT2D eigenvalue weighted by atomic mass is 16.6. The molecule has 0 amide bonds. The minimum atomic E-state index is -0.541. The van der Waals surface area contributed by atoms with E-state index in [0.29, 0.717) is 12.5 Å². The van der Waals surface area contributed by atoms with Gasteiger partial charge in [-0.25, -0.2) is 4.98 Å². The molecule has 21 heavy (non-hydrogen) atoms. The molecule has 0 radical (unpaired) electrons. The van der Waals surface area contributed by atoms with Crippen LogP contribution in [0.25, 0.3) is 0 Å². The molecule has 0 saturated heterocycles. The van der Waals surface area contributed by atoms with Gasteiger partial charge in [-0.3, -0.25) is 10.1 Å². The smallest absolute Gasteiger partial charge is 0.312 e. The van der Waals surface area contributed by atoms with Gasteiger partial charge in [0.2, 0.25) is 5.82 Å². The first kappa shape index (κ1) is 15.2. The summed E-state index contributed by atoms with van der Waals surface area (Å²) >= 11 is 0. The van der Waals surface area contributed by atoms with Crippen molar-refractivity contribution in [1.82, 2.24) is 4.98 Å². The van der Waals surface area contributed by atoms with Crippen molar-refractivity contribution in [3.63, 3.8) is 0 Å². The highest BCUT2D eigenvalue weighted by Gasteiger charge is 2.25. The maximum atomic E-state index is 11.0. The number of nitriles is 1. The zero-order chi connectivity index (χ0) is 15.2. The Morgan fingerprint density at radius 3 is 2.81 bits per heavy atom. The third-order valence-electron chi connectivity index (χ3n) is 4.03. The zero-order valence-electron chi connectivity index (χ0n) is 11.7. The van der Waals surface area contributed by atoms with Crippen LogP contribution < -0.4 is 5.32 Å². The number of hydrogen-bond acceptors (Lipinski definition) is 6. The van der Waals surface area contributed by atoms with Crippen molar-refractivity contribution in [2.75, 3.05) is 18.5 Å². The van der Waals surface area contributed by atoms with Crippen LogP contribution in [0.3, 0.4) is 0 Å². The third-order valence-corrected chi connectivity index (χ3v) is 4.03. The number of rotatable bonds is 5. The average molecular weight is 290 g/mol. The molecule has 1 aromatic heterocycles. The Labute approximate surface area is 122 Å². The van der Waals surface area contributed by atoms with Crippen LogP contribution in [0.4, 0.5) is 11.5 Å². The predicted octanol–water partition coefficient (Wildman–Crippen LogP) is 2.07. The first-order valence-electron chi connectivity index (χ1n) is 7.05. The molecule has 1 aromatic rings. The second-order valence-electron chi connectivity index (χ2n) is 5.33. The first-order valence-corrected chi connectivity index (χ1v) is 7.05. The molecule has 0 spiro atoms. The molecular weight excluding hydrogens is 272 g/mol. The number of anilines is 1. The zero-order valence-corrected chi connectivity index (χ0v) is 11.7. The van der Waals surface area contributed by atoms with Gasteiger partial charge in [0.1, 0.15) is 6.07 Å². The van der Waals surface area contributed by atoms with Crippen LogP contribution >= 0.6 is 0 Å². The Kier molecular flexibility index (Phi) is 5.06. The molecule has 1 aliphatic rings. The highest BCUT2D eigenvalue weighted by molar-refractivity contribution is 5.58. The Balaban J connectivity index is 2.09. The molecule has 1 heterocycles. The van der Waals surface area contributed by atoms with Gasteiger partial charge in [-0.2, -0.15) is 5.26 Å². The van der Waals surface area contributed by atoms with Crippen molar-refractivity contribution in [1.29, 1.82) is 5.26 Å². The number of aliphatic hydroxyl groups is 1. The normalized spacial score (nSPS) is 21.5. The molecule has 1 fully saturated rings. The van der Waals surface area contributed by atoms with E-state index in [0.717, 1.165) is 25.7 Å². The topological polar surface area (TPSA) is 112 Å². The van der Waals surface area contributed by atoms with Gasteiger partial charge in [-0.05, 0) is 24.7 Å². The summed E-state index contributed by atoms with van der Waals surface area (Å²) in [5.41, 5.74) is -0.0245. The van der Waals surface area contributed by atoms with Gasteiger partial charge in [0.15, 0.2) is 0 Å². The summed E-state index contributed by atoms with van der Waals surface area (Å²) < 4.78 is 0. The van der Waals surface area contributed by atoms with Gasteiger partial charge in [-0.1, -0.05) is 12.8 Å². The van der Waals surface area contributed by atoms with Gasteiger partial charge in [-0.15, -0.1) is 0 Å². The summed E-state index contributed by atoms with van der Waals surface area (Å²) in [6, 6.07) is 3.07. The molecule has 0 aromatic carbocycles. The van der Waals surface area contributed by atoms with E-state index in [1.165, 1.54) is 12.3 Å². The second-order valence-corrected chi connectivity index (χ2v) is 5.33. The molecule has 2 unspecified atom stereocenters. The number of aromatic nitrogens is 1. The fraction of sp³-hybridized carbons (Fsp3) is 0.571. The lowest BCUT2D eigenvalue weighted by Gasteiger charge is -2.30. The fourth-order valence-electron chi connectivity index (χ4n) is 2.81. The minimum Gasteiger partial charge on any atom is -0.396 e. The number of nitrogens with one attached hydrogen (secondary N) is 1.